The van der Waals surface area contributed by atoms with Crippen molar-refractivity contribution >= 4 is 67.8 Å². The molecule has 0 spiro atoms. The molecule has 8 heteroatoms. The average molecular weight is 605 g/mol. The smallest absolute Gasteiger partial charge is 0.234 e. The number of benzene rings is 4. The molecule has 2 N–H and O–H groups in total. The summed E-state index contributed by atoms with van der Waals surface area (Å²) in [6.07, 6.45) is 0. The predicted molar refractivity (Wildman–Crippen MR) is 175 cm³/mol. The Morgan fingerprint density at radius 2 is 1.71 bits per heavy atom. The van der Waals surface area contributed by atoms with Crippen molar-refractivity contribution < 1.29 is 4.79 Å². The Bertz CT molecular complexity index is 1870. The number of halogens is 1. The third-order valence-electron chi connectivity index (χ3n) is 7.02. The molecule has 2 heterocycles. The standard InChI is InChI=1S/C34H25ClN4OS2/c1-21-11-5-8-16-26(21)37-29(40)20-41-33-24(19-36)30(23-14-6-7-15-25(23)35)31(32(39-33)22-12-3-2-4-13-22)34-38-27-17-9-10-18-28(27)42-34/h2-18,30,39H,20H2,1H3,(H,37,40)/t30-/m1/s1. The van der Waals surface area contributed by atoms with E-state index in [1.165, 1.54) is 11.8 Å². The van der Waals surface area contributed by atoms with Gasteiger partial charge in [-0.15, -0.1) is 11.3 Å². The number of nitriles is 1. The number of aromatic nitrogens is 1. The molecule has 5 aromatic rings. The number of hydrogen-bond acceptors (Lipinski definition) is 6. The van der Waals surface area contributed by atoms with Crippen molar-refractivity contribution in [2.24, 2.45) is 0 Å². The van der Waals surface area contributed by atoms with Gasteiger partial charge in [0.15, 0.2) is 0 Å². The summed E-state index contributed by atoms with van der Waals surface area (Å²) in [6, 6.07) is 35.8. The lowest BCUT2D eigenvalue weighted by atomic mass is 9.81. The molecule has 0 saturated carbocycles. The SMILES string of the molecule is Cc1ccccc1NC(=O)CSC1=C(C#N)[C@@H](c2ccccc2Cl)C(c2nc3ccccc3s2)=C(c2ccccc2)N1. The molecule has 206 valence electrons. The van der Waals surface area contributed by atoms with Gasteiger partial charge in [-0.05, 0) is 47.9 Å². The summed E-state index contributed by atoms with van der Waals surface area (Å²) in [4.78, 5) is 18.1. The highest BCUT2D eigenvalue weighted by molar-refractivity contribution is 8.03. The second-order valence-corrected chi connectivity index (χ2v) is 12.2. The summed E-state index contributed by atoms with van der Waals surface area (Å²) < 4.78 is 1.06. The van der Waals surface area contributed by atoms with E-state index >= 15 is 0 Å². The van der Waals surface area contributed by atoms with Crippen LogP contribution in [-0.4, -0.2) is 16.6 Å². The Morgan fingerprint density at radius 1 is 1.00 bits per heavy atom. The Balaban J connectivity index is 1.48. The quantitative estimate of drug-likeness (QED) is 0.194. The lowest BCUT2D eigenvalue weighted by Crippen LogP contribution is -2.25. The fourth-order valence-electron chi connectivity index (χ4n) is 5.00. The molecule has 1 aromatic heterocycles. The van der Waals surface area contributed by atoms with Gasteiger partial charge in [-0.2, -0.15) is 5.26 Å². The highest BCUT2D eigenvalue weighted by atomic mass is 35.5. The third kappa shape index (κ3) is 5.57. The minimum atomic E-state index is -0.498. The van der Waals surface area contributed by atoms with E-state index in [9.17, 15) is 10.1 Å². The highest BCUT2D eigenvalue weighted by Gasteiger charge is 2.36. The van der Waals surface area contributed by atoms with Gasteiger partial charge >= 0.3 is 0 Å². The number of amides is 1. The number of aryl methyl sites for hydroxylation is 1. The van der Waals surface area contributed by atoms with Crippen LogP contribution in [-0.2, 0) is 4.79 Å². The normalized spacial score (nSPS) is 14.9. The van der Waals surface area contributed by atoms with Gasteiger partial charge in [0.1, 0.15) is 5.01 Å². The Kier molecular flexibility index (Phi) is 8.11. The van der Waals surface area contributed by atoms with E-state index in [-0.39, 0.29) is 11.7 Å². The number of nitrogens with one attached hydrogen (secondary N) is 2. The van der Waals surface area contributed by atoms with E-state index in [0.717, 1.165) is 48.9 Å². The number of allylic oxidation sites excluding steroid dienone is 2. The van der Waals surface area contributed by atoms with Gasteiger partial charge in [0, 0.05) is 16.3 Å². The van der Waals surface area contributed by atoms with E-state index in [1.807, 2.05) is 104 Å². The maximum Gasteiger partial charge on any atom is 0.234 e. The van der Waals surface area contributed by atoms with E-state index in [1.54, 1.807) is 11.3 Å². The Morgan fingerprint density at radius 3 is 2.48 bits per heavy atom. The summed E-state index contributed by atoms with van der Waals surface area (Å²) >= 11 is 9.72. The second-order valence-electron chi connectivity index (χ2n) is 9.73. The first-order chi connectivity index (χ1) is 20.5. The van der Waals surface area contributed by atoms with E-state index in [4.69, 9.17) is 16.6 Å². The Labute approximate surface area is 257 Å². The van der Waals surface area contributed by atoms with Crippen LogP contribution in [0, 0.1) is 18.3 Å². The predicted octanol–water partition coefficient (Wildman–Crippen LogP) is 8.62. The zero-order valence-corrected chi connectivity index (χ0v) is 25.0. The van der Waals surface area contributed by atoms with Crippen LogP contribution in [0.3, 0.4) is 0 Å². The van der Waals surface area contributed by atoms with Crippen molar-refractivity contribution in [3.63, 3.8) is 0 Å². The molecule has 6 rings (SSSR count). The molecule has 0 bridgehead atoms. The molecule has 42 heavy (non-hydrogen) atoms. The fraction of sp³-hybridized carbons (Fsp3) is 0.0882. The van der Waals surface area contributed by atoms with Crippen LogP contribution in [0.2, 0.25) is 5.02 Å². The molecule has 1 aliphatic heterocycles. The maximum atomic E-state index is 13.0. The molecular weight excluding hydrogens is 580 g/mol. The van der Waals surface area contributed by atoms with Crippen LogP contribution < -0.4 is 10.6 Å². The summed E-state index contributed by atoms with van der Waals surface area (Å²) in [6.45, 7) is 1.95. The van der Waals surface area contributed by atoms with Crippen molar-refractivity contribution in [1.29, 1.82) is 5.26 Å². The minimum absolute atomic E-state index is 0.121. The summed E-state index contributed by atoms with van der Waals surface area (Å²) in [5.41, 5.74) is 6.60. The molecule has 0 unspecified atom stereocenters. The highest BCUT2D eigenvalue weighted by Crippen LogP contribution is 2.50. The van der Waals surface area contributed by atoms with E-state index in [0.29, 0.717) is 15.6 Å². The number of fused-ring (bicyclic) bond motifs is 1. The van der Waals surface area contributed by atoms with Gasteiger partial charge in [0.05, 0.1) is 44.3 Å². The monoisotopic (exact) mass is 604 g/mol. The lowest BCUT2D eigenvalue weighted by Gasteiger charge is -2.31. The zero-order valence-electron chi connectivity index (χ0n) is 22.6. The summed E-state index contributed by atoms with van der Waals surface area (Å²) in [5, 5.41) is 19.2. The van der Waals surface area contributed by atoms with Crippen molar-refractivity contribution in [2.75, 3.05) is 11.1 Å². The molecule has 5 nitrogen and oxygen atoms in total. The first kappa shape index (κ1) is 27.8. The first-order valence-electron chi connectivity index (χ1n) is 13.3. The number of carbonyl (C=O) groups is 1. The zero-order chi connectivity index (χ0) is 29.1. The van der Waals surface area contributed by atoms with Crippen molar-refractivity contribution in [1.82, 2.24) is 10.3 Å². The maximum absolute atomic E-state index is 13.0. The average Bonchev–Trinajstić information content (AvgIpc) is 3.45. The number of hydrogen-bond donors (Lipinski definition) is 2. The van der Waals surface area contributed by atoms with Gasteiger partial charge in [-0.25, -0.2) is 4.98 Å². The molecule has 0 aliphatic carbocycles. The van der Waals surface area contributed by atoms with Gasteiger partial charge in [-0.3, -0.25) is 4.79 Å². The molecule has 1 amide bonds. The number of dihydropyridines is 1. The summed E-state index contributed by atoms with van der Waals surface area (Å²) in [7, 11) is 0. The number of thioether (sulfide) groups is 1. The van der Waals surface area contributed by atoms with Gasteiger partial charge < -0.3 is 10.6 Å². The van der Waals surface area contributed by atoms with Crippen molar-refractivity contribution in [3.05, 3.63) is 140 Å². The van der Waals surface area contributed by atoms with Crippen molar-refractivity contribution in [3.8, 4) is 6.07 Å². The van der Waals surface area contributed by atoms with Gasteiger partial charge in [-0.1, -0.05) is 102 Å². The van der Waals surface area contributed by atoms with Crippen LogP contribution in [0.15, 0.2) is 114 Å². The Hall–Kier alpha value is -4.35. The van der Waals surface area contributed by atoms with Crippen LogP contribution in [0.5, 0.6) is 0 Å². The van der Waals surface area contributed by atoms with Gasteiger partial charge in [0.2, 0.25) is 5.91 Å². The molecule has 0 radical (unpaired) electrons. The first-order valence-corrected chi connectivity index (χ1v) is 15.5. The van der Waals surface area contributed by atoms with Crippen LogP contribution in [0.4, 0.5) is 5.69 Å². The number of para-hydroxylation sites is 2. The molecule has 4 aromatic carbocycles. The molecule has 1 aliphatic rings. The number of rotatable bonds is 7. The van der Waals surface area contributed by atoms with Crippen LogP contribution >= 0.6 is 34.7 Å². The largest absolute Gasteiger partial charge is 0.349 e. The number of anilines is 1. The third-order valence-corrected chi connectivity index (χ3v) is 9.45. The van der Waals surface area contributed by atoms with Crippen LogP contribution in [0.1, 0.15) is 27.6 Å². The number of carbonyl (C=O) groups excluding carboxylic acids is 1. The number of nitrogens with zero attached hydrogens (tertiary/aromatic N) is 2. The van der Waals surface area contributed by atoms with E-state index < -0.39 is 5.92 Å². The van der Waals surface area contributed by atoms with E-state index in [2.05, 4.69) is 22.8 Å². The van der Waals surface area contributed by atoms with Gasteiger partial charge in [0.25, 0.3) is 0 Å². The number of thiazole rings is 1. The molecular formula is C34H25ClN4OS2. The molecule has 0 fully saturated rings. The molecule has 0 saturated heterocycles. The van der Waals surface area contributed by atoms with Crippen molar-refractivity contribution in [2.45, 2.75) is 12.8 Å². The second kappa shape index (κ2) is 12.3. The minimum Gasteiger partial charge on any atom is -0.349 e. The molecule has 1 atom stereocenters. The summed E-state index contributed by atoms with van der Waals surface area (Å²) in [5.74, 6) is -0.532. The topological polar surface area (TPSA) is 77.8 Å². The van der Waals surface area contributed by atoms with Crippen LogP contribution in [0.25, 0.3) is 21.5 Å². The lowest BCUT2D eigenvalue weighted by molar-refractivity contribution is -0.113. The fourth-order valence-corrected chi connectivity index (χ4v) is 7.14.